The van der Waals surface area contributed by atoms with Crippen molar-refractivity contribution in [2.24, 2.45) is 45.9 Å². The van der Waals surface area contributed by atoms with Gasteiger partial charge in [0.05, 0.1) is 12.7 Å². The molecule has 3 aromatic rings. The monoisotopic (exact) mass is 912 g/mol. The summed E-state index contributed by atoms with van der Waals surface area (Å²) in [5, 5.41) is 12.8. The third-order valence-electron chi connectivity index (χ3n) is 11.8. The molecular weight excluding hydrogens is 835 g/mol. The zero-order valence-electron chi connectivity index (χ0n) is 40.6. The minimum Gasteiger partial charge on any atom is -0.483 e. The molecule has 0 heterocycles. The van der Waals surface area contributed by atoms with Crippen LogP contribution in [0.5, 0.6) is 5.75 Å². The minimum atomic E-state index is -1.48. The van der Waals surface area contributed by atoms with Gasteiger partial charge >= 0.3 is 5.97 Å². The number of aliphatic imine (C=N–C) groups is 1. The Labute approximate surface area is 391 Å². The highest BCUT2D eigenvalue weighted by Crippen LogP contribution is 2.38. The standard InChI is InChI=1S/C52H77N7O7/c1-33(2)23-28-64-47-36(7)31-38-17-10-12-19-40(38)46(47)45-39-18-11-9-16-37(39)21-22-43(45)66-32-44(60)59-52(8,25-13-14-26-53)50(63)58-41(20-15-27-56-51(54)55)48(61)57-42(30-35(5)6)49(62)65-29-24-34(3)4/h9-12,16-19,21-22,31,33-36,41-42,47H,13-15,20,23-30,32,53H2,1-8H3,(H,57,61)(H,58,63)(H,59,60)(H4,54,55,56)/t36?,41-,42?,47?,52+/m1/s1. The molecule has 1 aliphatic carbocycles. The number of nitrogens with two attached hydrogens (primary N) is 3. The molecule has 4 rings (SSSR count). The van der Waals surface area contributed by atoms with E-state index in [1.165, 1.54) is 0 Å². The Balaban J connectivity index is 1.65. The van der Waals surface area contributed by atoms with Crippen LogP contribution in [0, 0.1) is 23.7 Å². The van der Waals surface area contributed by atoms with Crippen molar-refractivity contribution in [3.63, 3.8) is 0 Å². The number of rotatable bonds is 27. The van der Waals surface area contributed by atoms with Crippen molar-refractivity contribution in [3.05, 3.63) is 76.7 Å². The van der Waals surface area contributed by atoms with Gasteiger partial charge in [0.1, 0.15) is 23.4 Å². The predicted octanol–water partition coefficient (Wildman–Crippen LogP) is 4.94. The van der Waals surface area contributed by atoms with Crippen molar-refractivity contribution >= 4 is 52.1 Å². The minimum absolute atomic E-state index is 0.0481. The van der Waals surface area contributed by atoms with Crippen LogP contribution in [0.2, 0.25) is 0 Å². The molecule has 0 spiro atoms. The number of benzene rings is 3. The van der Waals surface area contributed by atoms with E-state index in [1.54, 1.807) is 6.92 Å². The summed E-state index contributed by atoms with van der Waals surface area (Å²) in [4.78, 5) is 60.0. The fourth-order valence-electron chi connectivity index (χ4n) is 8.15. The van der Waals surface area contributed by atoms with E-state index >= 15 is 0 Å². The summed E-state index contributed by atoms with van der Waals surface area (Å²) in [7, 11) is 0. The van der Waals surface area contributed by atoms with Crippen LogP contribution < -0.4 is 48.3 Å². The Kier molecular flexibility index (Phi) is 21.0. The summed E-state index contributed by atoms with van der Waals surface area (Å²) in [6.07, 6.45) is 5.72. The number of guanidine groups is 1. The fourth-order valence-corrected chi connectivity index (χ4v) is 8.15. The highest BCUT2D eigenvalue weighted by atomic mass is 16.5. The molecule has 5 atom stereocenters. The quantitative estimate of drug-likeness (QED) is 0.0262. The Morgan fingerprint density at radius 1 is 0.803 bits per heavy atom. The number of hydrogen-bond acceptors (Lipinski definition) is 9. The molecule has 66 heavy (non-hydrogen) atoms. The average molecular weight is 912 g/mol. The third kappa shape index (κ3) is 15.9. The van der Waals surface area contributed by atoms with Crippen LogP contribution in [0.3, 0.4) is 0 Å². The molecule has 9 N–H and O–H groups in total. The van der Waals surface area contributed by atoms with Crippen molar-refractivity contribution < 1.29 is 33.4 Å². The van der Waals surface area contributed by atoms with E-state index in [0.29, 0.717) is 62.8 Å². The van der Waals surface area contributed by atoms with Crippen LogP contribution in [0.15, 0.2) is 65.7 Å². The largest absolute Gasteiger partial charge is 0.483 e. The number of nitrogens with zero attached hydrogens (tertiary/aromatic N) is 1. The van der Waals surface area contributed by atoms with Gasteiger partial charge in [-0.1, -0.05) is 109 Å². The van der Waals surface area contributed by atoms with E-state index in [4.69, 9.17) is 31.4 Å². The van der Waals surface area contributed by atoms with Gasteiger partial charge in [0.25, 0.3) is 5.91 Å². The molecule has 0 bridgehead atoms. The summed E-state index contributed by atoms with van der Waals surface area (Å²) in [6, 6.07) is 18.2. The van der Waals surface area contributed by atoms with Crippen LogP contribution in [-0.4, -0.2) is 86.3 Å². The lowest BCUT2D eigenvalue weighted by atomic mass is 9.83. The van der Waals surface area contributed by atoms with Gasteiger partial charge < -0.3 is 47.4 Å². The number of esters is 1. The second kappa shape index (κ2) is 26.0. The van der Waals surface area contributed by atoms with Gasteiger partial charge in [0.2, 0.25) is 11.8 Å². The maximum atomic E-state index is 14.5. The molecule has 14 heteroatoms. The second-order valence-electron chi connectivity index (χ2n) is 19.1. The summed E-state index contributed by atoms with van der Waals surface area (Å²) >= 11 is 0. The summed E-state index contributed by atoms with van der Waals surface area (Å²) in [5.74, 6) is -0.906. The molecule has 1 aliphatic rings. The number of nitrogens with one attached hydrogen (secondary N) is 3. The molecule has 0 aromatic heterocycles. The van der Waals surface area contributed by atoms with Gasteiger partial charge in [0.15, 0.2) is 12.6 Å². The first kappa shape index (κ1) is 53.1. The number of hydrogen-bond donors (Lipinski definition) is 6. The van der Waals surface area contributed by atoms with Gasteiger partial charge in [-0.05, 0) is 110 Å². The van der Waals surface area contributed by atoms with Crippen molar-refractivity contribution in [2.75, 3.05) is 32.9 Å². The molecule has 3 aromatic carbocycles. The first-order valence-corrected chi connectivity index (χ1v) is 23.9. The fraction of sp³-hybridized carbons (Fsp3) is 0.558. The Hall–Kier alpha value is -5.47. The van der Waals surface area contributed by atoms with Gasteiger partial charge in [-0.15, -0.1) is 0 Å². The van der Waals surface area contributed by atoms with E-state index in [-0.39, 0.29) is 49.9 Å². The van der Waals surface area contributed by atoms with Crippen molar-refractivity contribution in [1.82, 2.24) is 16.0 Å². The van der Waals surface area contributed by atoms with Crippen molar-refractivity contribution in [3.8, 4) is 5.75 Å². The molecule has 0 radical (unpaired) electrons. The molecule has 3 amide bonds. The maximum absolute atomic E-state index is 14.5. The molecule has 0 aliphatic heterocycles. The zero-order chi connectivity index (χ0) is 48.4. The maximum Gasteiger partial charge on any atom is 0.328 e. The number of amides is 3. The van der Waals surface area contributed by atoms with Crippen molar-refractivity contribution in [2.45, 2.75) is 130 Å². The van der Waals surface area contributed by atoms with Crippen LogP contribution in [0.25, 0.3) is 22.4 Å². The van der Waals surface area contributed by atoms with E-state index in [0.717, 1.165) is 38.8 Å². The first-order valence-electron chi connectivity index (χ1n) is 23.9. The summed E-state index contributed by atoms with van der Waals surface area (Å²) in [5.41, 5.74) is 17.4. The molecule has 3 unspecified atom stereocenters. The first-order chi connectivity index (χ1) is 31.4. The van der Waals surface area contributed by atoms with Crippen LogP contribution in [0.4, 0.5) is 0 Å². The van der Waals surface area contributed by atoms with Gasteiger partial charge in [-0.2, -0.15) is 0 Å². The number of carbonyl (C=O) groups excluding carboxylic acids is 4. The summed E-state index contributed by atoms with van der Waals surface area (Å²) < 4.78 is 18.8. The predicted molar refractivity (Wildman–Crippen MR) is 264 cm³/mol. The molecule has 0 saturated heterocycles. The molecule has 362 valence electrons. The van der Waals surface area contributed by atoms with Gasteiger partial charge in [-0.3, -0.25) is 19.4 Å². The van der Waals surface area contributed by atoms with Crippen molar-refractivity contribution in [1.29, 1.82) is 0 Å². The normalized spacial score (nSPS) is 16.5. The number of fused-ring (bicyclic) bond motifs is 2. The average Bonchev–Trinajstić information content (AvgIpc) is 3.25. The topological polar surface area (TPSA) is 222 Å². The number of carbonyl (C=O) groups is 4. The van der Waals surface area contributed by atoms with Crippen LogP contribution in [0.1, 0.15) is 112 Å². The Bertz CT molecular complexity index is 2240. The second-order valence-corrected chi connectivity index (χ2v) is 19.1. The van der Waals surface area contributed by atoms with Gasteiger partial charge in [0, 0.05) is 30.2 Å². The lowest BCUT2D eigenvalue weighted by Crippen LogP contribution is -2.61. The number of ether oxygens (including phenoxy) is 3. The third-order valence-corrected chi connectivity index (χ3v) is 11.8. The summed E-state index contributed by atoms with van der Waals surface area (Å²) in [6.45, 7) is 17.1. The Morgan fingerprint density at radius 3 is 2.20 bits per heavy atom. The van der Waals surface area contributed by atoms with E-state index in [9.17, 15) is 19.2 Å². The lowest BCUT2D eigenvalue weighted by molar-refractivity contribution is -0.149. The smallest absolute Gasteiger partial charge is 0.328 e. The lowest BCUT2D eigenvalue weighted by Gasteiger charge is -2.32. The van der Waals surface area contributed by atoms with E-state index < -0.39 is 47.9 Å². The molecule has 0 saturated carbocycles. The SMILES string of the molecule is CC(C)CCOC(=O)C(CC(C)C)NC(=O)[C@@H](CCCN=C(N)N)NC(=O)[C@](C)(CCCCN)NC(=O)COc1ccc2ccccc2c1C1=c2ccccc2=CC(C)C1OCCC(C)C. The Morgan fingerprint density at radius 2 is 1.50 bits per heavy atom. The zero-order valence-corrected chi connectivity index (χ0v) is 40.6. The highest BCUT2D eigenvalue weighted by Gasteiger charge is 2.38. The molecule has 14 nitrogen and oxygen atoms in total. The van der Waals surface area contributed by atoms with E-state index in [1.807, 2.05) is 64.1 Å². The highest BCUT2D eigenvalue weighted by molar-refractivity contribution is 5.98. The van der Waals surface area contributed by atoms with Crippen LogP contribution in [-0.2, 0) is 28.7 Å². The van der Waals surface area contributed by atoms with Gasteiger partial charge in [-0.25, -0.2) is 4.79 Å². The molecular formula is C52H77N7O7. The molecule has 0 fully saturated rings. The van der Waals surface area contributed by atoms with E-state index in [2.05, 4.69) is 72.1 Å². The number of unbranched alkanes of at least 4 members (excludes halogenated alkanes) is 1. The van der Waals surface area contributed by atoms with Crippen LogP contribution >= 0.6 is 0 Å².